The van der Waals surface area contributed by atoms with Crippen LogP contribution >= 0.6 is 0 Å². The van der Waals surface area contributed by atoms with Crippen molar-refractivity contribution in [1.82, 2.24) is 19.8 Å². The monoisotopic (exact) mass is 459 g/mol. The number of likely N-dealkylation sites (N-methyl/N-ethyl adjacent to an activating group) is 1. The Hall–Kier alpha value is -4.40. The van der Waals surface area contributed by atoms with Gasteiger partial charge in [0.25, 0.3) is 5.91 Å². The first-order valence-corrected chi connectivity index (χ1v) is 10.6. The van der Waals surface area contributed by atoms with E-state index in [0.29, 0.717) is 40.8 Å². The van der Waals surface area contributed by atoms with Crippen molar-refractivity contribution in [3.05, 3.63) is 76.9 Å². The molecule has 1 amide bonds. The van der Waals surface area contributed by atoms with E-state index in [1.807, 2.05) is 24.2 Å². The van der Waals surface area contributed by atoms with Gasteiger partial charge in [-0.1, -0.05) is 12.1 Å². The van der Waals surface area contributed by atoms with E-state index < -0.39 is 5.69 Å². The molecule has 0 atom stereocenters. The average Bonchev–Trinajstić information content (AvgIpc) is 2.84. The van der Waals surface area contributed by atoms with Gasteiger partial charge in [0, 0.05) is 25.9 Å². The van der Waals surface area contributed by atoms with Crippen molar-refractivity contribution >= 4 is 11.7 Å². The van der Waals surface area contributed by atoms with Crippen molar-refractivity contribution in [2.45, 2.75) is 6.92 Å². The molecule has 2 N–H and O–H groups in total. The number of nitrogens with zero attached hydrogens (tertiary/aromatic N) is 4. The summed E-state index contributed by atoms with van der Waals surface area (Å²) in [7, 11) is 3.56. The molecule has 0 spiro atoms. The number of amidine groups is 1. The molecule has 1 aliphatic rings. The zero-order valence-corrected chi connectivity index (χ0v) is 19.1. The third kappa shape index (κ3) is 5.15. The number of H-pyrrole nitrogens is 1. The van der Waals surface area contributed by atoms with Crippen LogP contribution in [0.5, 0.6) is 11.5 Å². The number of ether oxygens (including phenoxy) is 1. The van der Waals surface area contributed by atoms with Gasteiger partial charge in [-0.05, 0) is 60.5 Å². The van der Waals surface area contributed by atoms with Gasteiger partial charge in [0.2, 0.25) is 0 Å². The number of aromatic amines is 1. The largest absolute Gasteiger partial charge is 0.508 e. The second-order valence-electron chi connectivity index (χ2n) is 7.99. The van der Waals surface area contributed by atoms with E-state index in [1.54, 1.807) is 62.5 Å². The molecule has 174 valence electrons. The minimum atomic E-state index is -0.492. The third-order valence-corrected chi connectivity index (χ3v) is 5.40. The molecule has 0 unspecified atom stereocenters. The Morgan fingerprint density at radius 1 is 1.21 bits per heavy atom. The average molecular weight is 460 g/mol. The molecule has 9 heteroatoms. The van der Waals surface area contributed by atoms with Crippen LogP contribution in [0.25, 0.3) is 22.5 Å². The number of phenols is 1. The number of phenolic OH excluding ortho intramolecular Hbond substituents is 1. The Labute approximate surface area is 196 Å². The fourth-order valence-corrected chi connectivity index (χ4v) is 3.39. The number of aryl methyl sites for hydroxylation is 1. The van der Waals surface area contributed by atoms with Gasteiger partial charge in [-0.15, -0.1) is 0 Å². The first-order valence-electron chi connectivity index (χ1n) is 10.6. The normalized spacial score (nSPS) is 12.9. The first-order chi connectivity index (χ1) is 16.3. The Bertz CT molecular complexity index is 1350. The molecule has 3 aromatic rings. The van der Waals surface area contributed by atoms with Gasteiger partial charge < -0.3 is 19.7 Å². The van der Waals surface area contributed by atoms with E-state index in [0.717, 1.165) is 5.56 Å². The summed E-state index contributed by atoms with van der Waals surface area (Å²) in [6, 6.07) is 13.9. The highest BCUT2D eigenvalue weighted by Gasteiger charge is 2.16. The molecule has 0 saturated heterocycles. The van der Waals surface area contributed by atoms with Crippen molar-refractivity contribution in [2.75, 3.05) is 27.4 Å². The van der Waals surface area contributed by atoms with E-state index in [4.69, 9.17) is 4.74 Å². The van der Waals surface area contributed by atoms with Crippen molar-refractivity contribution < 1.29 is 14.6 Å². The van der Waals surface area contributed by atoms with Crippen LogP contribution in [0.15, 0.2) is 70.6 Å². The van der Waals surface area contributed by atoms with Gasteiger partial charge in [0.15, 0.2) is 6.61 Å². The summed E-state index contributed by atoms with van der Waals surface area (Å²) in [6.45, 7) is 2.11. The van der Waals surface area contributed by atoms with Crippen molar-refractivity contribution in [1.29, 1.82) is 0 Å². The van der Waals surface area contributed by atoms with Crippen LogP contribution in [0.3, 0.4) is 0 Å². The molecule has 0 bridgehead atoms. The quantitative estimate of drug-likeness (QED) is 0.607. The molecule has 0 fully saturated rings. The number of carbonyl (C=O) groups excluding carboxylic acids is 1. The number of rotatable bonds is 5. The summed E-state index contributed by atoms with van der Waals surface area (Å²) in [5, 5.41) is 9.78. The van der Waals surface area contributed by atoms with Gasteiger partial charge in [-0.25, -0.2) is 9.79 Å². The highest BCUT2D eigenvalue weighted by atomic mass is 16.5. The lowest BCUT2D eigenvalue weighted by molar-refractivity contribution is -0.128. The Morgan fingerprint density at radius 3 is 2.76 bits per heavy atom. The van der Waals surface area contributed by atoms with E-state index in [9.17, 15) is 14.7 Å². The topological polar surface area (TPSA) is 111 Å². The van der Waals surface area contributed by atoms with Crippen LogP contribution in [-0.2, 0) is 4.79 Å². The molecule has 0 aliphatic carbocycles. The SMILES string of the molecule is Cc1cc(-c2cc(-c3cccc(OCC(=O)N(C)C4=NCN(C)C=C4)c3)nc(=O)[nH]2)ccc1O. The van der Waals surface area contributed by atoms with Crippen molar-refractivity contribution in [3.63, 3.8) is 0 Å². The molecule has 9 nitrogen and oxygen atoms in total. The molecule has 0 saturated carbocycles. The summed E-state index contributed by atoms with van der Waals surface area (Å²) in [4.78, 5) is 39.3. The van der Waals surface area contributed by atoms with Gasteiger partial charge in [-0.2, -0.15) is 4.98 Å². The number of aromatic hydroxyl groups is 1. The fourth-order valence-electron chi connectivity index (χ4n) is 3.39. The zero-order valence-electron chi connectivity index (χ0n) is 19.1. The third-order valence-electron chi connectivity index (χ3n) is 5.40. The van der Waals surface area contributed by atoms with E-state index in [1.165, 1.54) is 4.90 Å². The molecule has 1 aliphatic heterocycles. The maximum atomic E-state index is 12.5. The minimum Gasteiger partial charge on any atom is -0.508 e. The second kappa shape index (κ2) is 9.62. The molecular weight excluding hydrogens is 434 g/mol. The minimum absolute atomic E-state index is 0.163. The summed E-state index contributed by atoms with van der Waals surface area (Å²) in [5.74, 6) is 0.997. The number of aliphatic imine (C=N–C) groups is 1. The Kier molecular flexibility index (Phi) is 6.44. The number of carbonyl (C=O) groups is 1. The van der Waals surface area contributed by atoms with Crippen LogP contribution in [0, 0.1) is 6.92 Å². The number of amides is 1. The Balaban J connectivity index is 1.51. The first kappa shape index (κ1) is 22.8. The van der Waals surface area contributed by atoms with Crippen LogP contribution in [0.1, 0.15) is 5.56 Å². The lowest BCUT2D eigenvalue weighted by Gasteiger charge is -2.22. The van der Waals surface area contributed by atoms with Crippen molar-refractivity contribution in [2.24, 2.45) is 4.99 Å². The lowest BCUT2D eigenvalue weighted by Crippen LogP contribution is -2.37. The van der Waals surface area contributed by atoms with E-state index in [2.05, 4.69) is 15.0 Å². The van der Waals surface area contributed by atoms with Gasteiger partial charge >= 0.3 is 5.69 Å². The number of aromatic nitrogens is 2. The molecule has 34 heavy (non-hydrogen) atoms. The predicted molar refractivity (Wildman–Crippen MR) is 130 cm³/mol. The van der Waals surface area contributed by atoms with Crippen LogP contribution in [0.4, 0.5) is 0 Å². The molecular formula is C25H25N5O4. The van der Waals surface area contributed by atoms with Crippen LogP contribution < -0.4 is 10.4 Å². The van der Waals surface area contributed by atoms with Crippen molar-refractivity contribution in [3.8, 4) is 34.0 Å². The molecule has 2 aromatic carbocycles. The van der Waals surface area contributed by atoms with Crippen LogP contribution in [0.2, 0.25) is 0 Å². The number of nitrogens with one attached hydrogen (secondary N) is 1. The van der Waals surface area contributed by atoms with Gasteiger partial charge in [0.1, 0.15) is 24.0 Å². The maximum absolute atomic E-state index is 12.5. The van der Waals surface area contributed by atoms with E-state index in [-0.39, 0.29) is 18.3 Å². The number of hydrogen-bond donors (Lipinski definition) is 2. The summed E-state index contributed by atoms with van der Waals surface area (Å²) in [6.07, 6.45) is 3.63. The van der Waals surface area contributed by atoms with Crippen LogP contribution in [-0.4, -0.2) is 64.0 Å². The highest BCUT2D eigenvalue weighted by Crippen LogP contribution is 2.27. The van der Waals surface area contributed by atoms with Gasteiger partial charge in [0.05, 0.1) is 11.4 Å². The fraction of sp³-hybridized carbons (Fsp3) is 0.200. The summed E-state index contributed by atoms with van der Waals surface area (Å²) >= 11 is 0. The predicted octanol–water partition coefficient (Wildman–Crippen LogP) is 2.77. The summed E-state index contributed by atoms with van der Waals surface area (Å²) < 4.78 is 5.71. The maximum Gasteiger partial charge on any atom is 0.345 e. The molecule has 4 rings (SSSR count). The number of benzene rings is 2. The molecule has 2 heterocycles. The standard InChI is InChI=1S/C25H25N5O4/c1-16-11-18(7-8-22(16)31)21-13-20(27-25(33)28-21)17-5-4-6-19(12-17)34-14-24(32)30(3)23-9-10-29(2)15-26-23/h4-13,31H,14-15H2,1-3H3,(H,27,28,33). The lowest BCUT2D eigenvalue weighted by atomic mass is 10.1. The second-order valence-corrected chi connectivity index (χ2v) is 7.99. The van der Waals surface area contributed by atoms with E-state index >= 15 is 0 Å². The summed E-state index contributed by atoms with van der Waals surface area (Å²) in [5.41, 5.74) is 2.67. The smallest absolute Gasteiger partial charge is 0.345 e. The zero-order chi connectivity index (χ0) is 24.2. The highest BCUT2D eigenvalue weighted by molar-refractivity contribution is 6.04. The Morgan fingerprint density at radius 2 is 2.03 bits per heavy atom. The number of hydrogen-bond acceptors (Lipinski definition) is 7. The van der Waals surface area contributed by atoms with Gasteiger partial charge in [-0.3, -0.25) is 9.69 Å². The molecule has 0 radical (unpaired) electrons. The molecule has 1 aromatic heterocycles.